The summed E-state index contributed by atoms with van der Waals surface area (Å²) < 4.78 is 0. The summed E-state index contributed by atoms with van der Waals surface area (Å²) in [6.07, 6.45) is 0. The van der Waals surface area contributed by atoms with E-state index < -0.39 is 0 Å². The van der Waals surface area contributed by atoms with Crippen LogP contribution in [-0.2, 0) is 4.79 Å². The lowest BCUT2D eigenvalue weighted by Crippen LogP contribution is -2.30. The normalized spacial score (nSPS) is 11.9. The number of amides is 1. The monoisotopic (exact) mass is 249 g/mol. The van der Waals surface area contributed by atoms with E-state index in [1.807, 2.05) is 0 Å². The molecular formula is C14H19NOS. The van der Waals surface area contributed by atoms with Crippen molar-refractivity contribution in [3.05, 3.63) is 21.4 Å². The lowest BCUT2D eigenvalue weighted by molar-refractivity contribution is -0.116. The zero-order valence-corrected chi connectivity index (χ0v) is 11.9. The maximum Gasteiger partial charge on any atom is 0.296 e. The molecule has 1 rings (SSSR count). The van der Waals surface area contributed by atoms with Crippen molar-refractivity contribution < 1.29 is 4.79 Å². The number of thiophene rings is 1. The van der Waals surface area contributed by atoms with Gasteiger partial charge in [-0.1, -0.05) is 19.8 Å². The Morgan fingerprint density at radius 1 is 1.41 bits per heavy atom. The quantitative estimate of drug-likeness (QED) is 0.819. The topological polar surface area (TPSA) is 29.1 Å². The molecule has 1 aromatic rings. The highest BCUT2D eigenvalue weighted by Gasteiger charge is 2.20. The van der Waals surface area contributed by atoms with E-state index >= 15 is 0 Å². The minimum absolute atomic E-state index is 0.0494. The maximum absolute atomic E-state index is 11.6. The molecule has 1 aromatic heterocycles. The van der Waals surface area contributed by atoms with Crippen LogP contribution >= 0.6 is 11.3 Å². The minimum Gasteiger partial charge on any atom is -0.338 e. The van der Waals surface area contributed by atoms with Crippen molar-refractivity contribution in [2.24, 2.45) is 5.92 Å². The van der Waals surface area contributed by atoms with E-state index in [-0.39, 0.29) is 11.9 Å². The first-order valence-electron chi connectivity index (χ1n) is 5.76. The van der Waals surface area contributed by atoms with Crippen LogP contribution in [0.4, 0.5) is 0 Å². The molecule has 0 spiro atoms. The molecule has 1 heterocycles. The number of aryl methyl sites for hydroxylation is 2. The lowest BCUT2D eigenvalue weighted by atomic mass is 9.96. The van der Waals surface area contributed by atoms with Crippen LogP contribution in [0.1, 0.15) is 42.1 Å². The van der Waals surface area contributed by atoms with Gasteiger partial charge >= 0.3 is 0 Å². The first kappa shape index (κ1) is 13.8. The molecular weight excluding hydrogens is 230 g/mol. The molecule has 92 valence electrons. The van der Waals surface area contributed by atoms with Crippen molar-refractivity contribution in [2.75, 3.05) is 0 Å². The molecule has 1 atom stereocenters. The van der Waals surface area contributed by atoms with Gasteiger partial charge in [0, 0.05) is 9.75 Å². The molecule has 0 aliphatic heterocycles. The third kappa shape index (κ3) is 3.61. The van der Waals surface area contributed by atoms with Crippen molar-refractivity contribution >= 4 is 17.2 Å². The highest BCUT2D eigenvalue weighted by molar-refractivity contribution is 7.12. The van der Waals surface area contributed by atoms with Crippen LogP contribution in [0.25, 0.3) is 0 Å². The van der Waals surface area contributed by atoms with Crippen molar-refractivity contribution in [3.63, 3.8) is 0 Å². The van der Waals surface area contributed by atoms with Gasteiger partial charge in [-0.05, 0) is 44.2 Å². The fourth-order valence-corrected chi connectivity index (χ4v) is 2.83. The van der Waals surface area contributed by atoms with Crippen molar-refractivity contribution in [1.29, 1.82) is 0 Å². The van der Waals surface area contributed by atoms with E-state index in [4.69, 9.17) is 0 Å². The molecule has 1 unspecified atom stereocenters. The summed E-state index contributed by atoms with van der Waals surface area (Å²) in [5.41, 5.74) is 1.22. The van der Waals surface area contributed by atoms with Crippen molar-refractivity contribution in [2.45, 2.75) is 40.7 Å². The standard InChI is InChI=1S/C14H19NOS/c1-6-7-13(16)15-14(9(2)3)12-8-10(4)17-11(12)5/h8-9,14H,1-5H3,(H,15,16). The molecule has 0 saturated heterocycles. The molecule has 1 amide bonds. The average molecular weight is 249 g/mol. The number of rotatable bonds is 3. The zero-order valence-electron chi connectivity index (χ0n) is 11.0. The molecule has 2 nitrogen and oxygen atoms in total. The third-order valence-electron chi connectivity index (χ3n) is 2.61. The Labute approximate surface area is 107 Å². The van der Waals surface area contributed by atoms with E-state index in [0.717, 1.165) is 0 Å². The largest absolute Gasteiger partial charge is 0.338 e. The van der Waals surface area contributed by atoms with Crippen LogP contribution in [0.2, 0.25) is 0 Å². The molecule has 0 aliphatic rings. The van der Waals surface area contributed by atoms with Crippen molar-refractivity contribution in [3.8, 4) is 11.8 Å². The second-order valence-electron chi connectivity index (χ2n) is 4.44. The van der Waals surface area contributed by atoms with Crippen LogP contribution in [0, 0.1) is 31.6 Å². The molecule has 0 aliphatic carbocycles. The van der Waals surface area contributed by atoms with Gasteiger partial charge in [0.2, 0.25) is 0 Å². The number of hydrogen-bond acceptors (Lipinski definition) is 2. The Morgan fingerprint density at radius 2 is 2.06 bits per heavy atom. The first-order chi connectivity index (χ1) is 7.95. The Morgan fingerprint density at radius 3 is 2.47 bits per heavy atom. The molecule has 0 bridgehead atoms. The minimum atomic E-state index is -0.200. The molecule has 0 aromatic carbocycles. The number of carbonyl (C=O) groups is 1. The smallest absolute Gasteiger partial charge is 0.296 e. The first-order valence-corrected chi connectivity index (χ1v) is 6.57. The van der Waals surface area contributed by atoms with E-state index in [2.05, 4.69) is 50.9 Å². The van der Waals surface area contributed by atoms with Gasteiger partial charge in [-0.2, -0.15) is 0 Å². The fourth-order valence-electron chi connectivity index (χ4n) is 1.85. The van der Waals surface area contributed by atoms with Gasteiger partial charge in [-0.15, -0.1) is 11.3 Å². The summed E-state index contributed by atoms with van der Waals surface area (Å²) >= 11 is 1.77. The fraction of sp³-hybridized carbons (Fsp3) is 0.500. The highest BCUT2D eigenvalue weighted by atomic mass is 32.1. The van der Waals surface area contributed by atoms with Gasteiger partial charge in [-0.3, -0.25) is 4.79 Å². The third-order valence-corrected chi connectivity index (χ3v) is 3.59. The van der Waals surface area contributed by atoms with Crippen LogP contribution in [0.15, 0.2) is 6.07 Å². The summed E-state index contributed by atoms with van der Waals surface area (Å²) in [4.78, 5) is 14.1. The lowest BCUT2D eigenvalue weighted by Gasteiger charge is -2.21. The number of hydrogen-bond donors (Lipinski definition) is 1. The SMILES string of the molecule is CC#CC(=O)NC(c1cc(C)sc1C)C(C)C. The summed E-state index contributed by atoms with van der Waals surface area (Å²) in [5, 5.41) is 2.98. The summed E-state index contributed by atoms with van der Waals surface area (Å²) in [5.74, 6) is 5.31. The van der Waals surface area contributed by atoms with Crippen LogP contribution < -0.4 is 5.32 Å². The second-order valence-corrected chi connectivity index (χ2v) is 5.90. The van der Waals surface area contributed by atoms with E-state index in [0.29, 0.717) is 5.92 Å². The number of carbonyl (C=O) groups excluding carboxylic acids is 1. The van der Waals surface area contributed by atoms with Crippen LogP contribution in [0.5, 0.6) is 0 Å². The van der Waals surface area contributed by atoms with Crippen LogP contribution in [-0.4, -0.2) is 5.91 Å². The Bertz CT molecular complexity index is 462. The van der Waals surface area contributed by atoms with Gasteiger partial charge in [-0.25, -0.2) is 0 Å². The van der Waals surface area contributed by atoms with E-state index in [9.17, 15) is 4.79 Å². The van der Waals surface area contributed by atoms with Crippen LogP contribution in [0.3, 0.4) is 0 Å². The molecule has 0 fully saturated rings. The number of nitrogens with one attached hydrogen (secondary N) is 1. The second kappa shape index (κ2) is 5.88. The van der Waals surface area contributed by atoms with Crippen molar-refractivity contribution in [1.82, 2.24) is 5.32 Å². The molecule has 0 saturated carbocycles. The summed E-state index contributed by atoms with van der Waals surface area (Å²) in [6.45, 7) is 10.1. The van der Waals surface area contributed by atoms with Gasteiger partial charge in [0.05, 0.1) is 6.04 Å². The zero-order chi connectivity index (χ0) is 13.0. The van der Waals surface area contributed by atoms with E-state index in [1.54, 1.807) is 18.3 Å². The highest BCUT2D eigenvalue weighted by Crippen LogP contribution is 2.30. The molecule has 0 radical (unpaired) electrons. The predicted octanol–water partition coefficient (Wildman–Crippen LogP) is 3.20. The van der Waals surface area contributed by atoms with Gasteiger partial charge in [0.25, 0.3) is 5.91 Å². The molecule has 1 N–H and O–H groups in total. The Hall–Kier alpha value is -1.27. The molecule has 17 heavy (non-hydrogen) atoms. The molecule has 3 heteroatoms. The van der Waals surface area contributed by atoms with E-state index in [1.165, 1.54) is 15.3 Å². The van der Waals surface area contributed by atoms with Gasteiger partial charge in [0.15, 0.2) is 0 Å². The Balaban J connectivity index is 2.96. The van der Waals surface area contributed by atoms with Gasteiger partial charge in [0.1, 0.15) is 0 Å². The predicted molar refractivity (Wildman–Crippen MR) is 73.0 cm³/mol. The Kier molecular flexibility index (Phi) is 4.77. The maximum atomic E-state index is 11.6. The summed E-state index contributed by atoms with van der Waals surface area (Å²) in [7, 11) is 0. The summed E-state index contributed by atoms with van der Waals surface area (Å²) in [6, 6.07) is 2.21. The van der Waals surface area contributed by atoms with Gasteiger partial charge < -0.3 is 5.32 Å². The average Bonchev–Trinajstić information content (AvgIpc) is 2.54.